The fourth-order valence-electron chi connectivity index (χ4n) is 4.30. The number of nitrogens with zero attached hydrogens (tertiary/aromatic N) is 2. The van der Waals surface area contributed by atoms with E-state index in [0.717, 1.165) is 27.8 Å². The molecular weight excluding hydrogens is 490 g/mol. The van der Waals surface area contributed by atoms with Crippen LogP contribution in [0.25, 0.3) is 17.0 Å². The molecule has 1 aliphatic rings. The number of carbonyl (C=O) groups excluding carboxylic acids is 3. The summed E-state index contributed by atoms with van der Waals surface area (Å²) in [5, 5.41) is 3.80. The monoisotopic (exact) mass is 513 g/mol. The minimum Gasteiger partial charge on any atom is -0.492 e. The minimum absolute atomic E-state index is 0.112. The van der Waals surface area contributed by atoms with Gasteiger partial charge >= 0.3 is 6.03 Å². The Labute approximate surface area is 218 Å². The number of halogens is 1. The first-order chi connectivity index (χ1) is 17.9. The Hall–Kier alpha value is -4.36. The van der Waals surface area contributed by atoms with Crippen molar-refractivity contribution in [2.24, 2.45) is 0 Å². The van der Waals surface area contributed by atoms with Gasteiger partial charge in [0.05, 0.1) is 12.2 Å². The fourth-order valence-corrected chi connectivity index (χ4v) is 4.42. The maximum Gasteiger partial charge on any atom is 0.335 e. The largest absolute Gasteiger partial charge is 0.492 e. The first-order valence-electron chi connectivity index (χ1n) is 11.9. The summed E-state index contributed by atoms with van der Waals surface area (Å²) >= 11 is 5.94. The van der Waals surface area contributed by atoms with Crippen LogP contribution in [0.15, 0.2) is 84.6 Å². The van der Waals surface area contributed by atoms with Gasteiger partial charge < -0.3 is 9.30 Å². The average Bonchev–Trinajstić information content (AvgIpc) is 3.25. The van der Waals surface area contributed by atoms with E-state index in [4.69, 9.17) is 16.3 Å². The Balaban J connectivity index is 1.43. The van der Waals surface area contributed by atoms with Crippen molar-refractivity contribution in [2.45, 2.75) is 19.9 Å². The summed E-state index contributed by atoms with van der Waals surface area (Å²) in [6.07, 6.45) is 4.25. The summed E-state index contributed by atoms with van der Waals surface area (Å²) in [5.41, 5.74) is 2.99. The second kappa shape index (κ2) is 10.3. The Bertz CT molecular complexity index is 1520. The van der Waals surface area contributed by atoms with E-state index in [0.29, 0.717) is 35.2 Å². The molecule has 1 aliphatic heterocycles. The van der Waals surface area contributed by atoms with Crippen LogP contribution in [0, 0.1) is 0 Å². The van der Waals surface area contributed by atoms with E-state index in [-0.39, 0.29) is 5.57 Å². The lowest BCUT2D eigenvalue weighted by Crippen LogP contribution is -2.54. The Morgan fingerprint density at radius 2 is 1.68 bits per heavy atom. The number of anilines is 1. The number of hydrogen-bond acceptors (Lipinski definition) is 4. The number of barbiturate groups is 1. The lowest BCUT2D eigenvalue weighted by atomic mass is 10.1. The molecule has 3 aromatic carbocycles. The number of amides is 4. The molecule has 7 nitrogen and oxygen atoms in total. The molecule has 37 heavy (non-hydrogen) atoms. The van der Waals surface area contributed by atoms with E-state index in [1.165, 1.54) is 6.08 Å². The SMILES string of the molecule is CCc1ccc(N2C(=O)NC(=O)/C(=C/c3cn(CCOc4ccc(Cl)cc4)c4ccccc34)C2=O)cc1. The van der Waals surface area contributed by atoms with Gasteiger partial charge in [0.15, 0.2) is 0 Å². The first kappa shape index (κ1) is 24.3. The molecule has 0 atom stereocenters. The molecule has 1 saturated heterocycles. The molecule has 0 aliphatic carbocycles. The molecule has 0 radical (unpaired) electrons. The summed E-state index contributed by atoms with van der Waals surface area (Å²) in [6.45, 7) is 2.97. The Kier molecular flexibility index (Phi) is 6.79. The number of aryl methyl sites for hydroxylation is 1. The highest BCUT2D eigenvalue weighted by molar-refractivity contribution is 6.39. The fraction of sp³-hybridized carbons (Fsp3) is 0.138. The Morgan fingerprint density at radius 1 is 0.946 bits per heavy atom. The highest BCUT2D eigenvalue weighted by atomic mass is 35.5. The highest BCUT2D eigenvalue weighted by Crippen LogP contribution is 2.27. The van der Waals surface area contributed by atoms with Crippen molar-refractivity contribution in [3.8, 4) is 5.75 Å². The van der Waals surface area contributed by atoms with Crippen molar-refractivity contribution in [2.75, 3.05) is 11.5 Å². The lowest BCUT2D eigenvalue weighted by Gasteiger charge is -2.26. The summed E-state index contributed by atoms with van der Waals surface area (Å²) < 4.78 is 7.85. The van der Waals surface area contributed by atoms with Gasteiger partial charge in [0.2, 0.25) is 0 Å². The minimum atomic E-state index is -0.766. The summed E-state index contributed by atoms with van der Waals surface area (Å²) in [6, 6.07) is 21.2. The zero-order valence-electron chi connectivity index (χ0n) is 20.1. The molecule has 4 amide bonds. The van der Waals surface area contributed by atoms with E-state index in [1.54, 1.807) is 24.3 Å². The third kappa shape index (κ3) is 4.99. The number of hydrogen-bond donors (Lipinski definition) is 1. The smallest absolute Gasteiger partial charge is 0.335 e. The van der Waals surface area contributed by atoms with Gasteiger partial charge in [-0.2, -0.15) is 0 Å². The molecule has 0 bridgehead atoms. The van der Waals surface area contributed by atoms with Gasteiger partial charge in [0.1, 0.15) is 17.9 Å². The van der Waals surface area contributed by atoms with E-state index in [9.17, 15) is 14.4 Å². The van der Waals surface area contributed by atoms with E-state index >= 15 is 0 Å². The quantitative estimate of drug-likeness (QED) is 0.257. The van der Waals surface area contributed by atoms with Gasteiger partial charge in [-0.3, -0.25) is 14.9 Å². The van der Waals surface area contributed by atoms with Crippen molar-refractivity contribution >= 4 is 52.1 Å². The van der Waals surface area contributed by atoms with Gasteiger partial charge in [-0.05, 0) is 60.5 Å². The normalized spacial score (nSPS) is 14.9. The number of rotatable bonds is 7. The van der Waals surface area contributed by atoms with Crippen molar-refractivity contribution in [1.82, 2.24) is 9.88 Å². The third-order valence-electron chi connectivity index (χ3n) is 6.24. The number of urea groups is 1. The van der Waals surface area contributed by atoms with E-state index < -0.39 is 17.8 Å². The molecule has 1 N–H and O–H groups in total. The molecule has 0 spiro atoms. The summed E-state index contributed by atoms with van der Waals surface area (Å²) in [5.74, 6) is -0.676. The van der Waals surface area contributed by atoms with Crippen LogP contribution in [0.5, 0.6) is 5.75 Å². The maximum atomic E-state index is 13.3. The van der Waals surface area contributed by atoms with Crippen LogP contribution in [0.4, 0.5) is 10.5 Å². The summed E-state index contributed by atoms with van der Waals surface area (Å²) in [7, 11) is 0. The van der Waals surface area contributed by atoms with Crippen LogP contribution in [0.1, 0.15) is 18.1 Å². The standard InChI is InChI=1S/C29H24ClN3O4/c1-2-19-7-11-22(12-8-19)33-28(35)25(27(34)31-29(33)36)17-20-18-32(26-6-4-3-5-24(20)26)15-16-37-23-13-9-21(30)10-14-23/h3-14,17-18H,2,15-16H2,1H3,(H,31,34,36)/b25-17-. The molecular formula is C29H24ClN3O4. The first-order valence-corrected chi connectivity index (χ1v) is 12.3. The zero-order valence-corrected chi connectivity index (χ0v) is 20.9. The molecule has 5 rings (SSSR count). The van der Waals surface area contributed by atoms with Gasteiger partial charge in [-0.25, -0.2) is 9.69 Å². The van der Waals surface area contributed by atoms with Crippen LogP contribution in [-0.2, 0) is 22.6 Å². The molecule has 4 aromatic rings. The number of nitrogens with one attached hydrogen (secondary N) is 1. The van der Waals surface area contributed by atoms with Gasteiger partial charge in [-0.1, -0.05) is 48.9 Å². The zero-order chi connectivity index (χ0) is 25.9. The molecule has 0 saturated carbocycles. The number of carbonyl (C=O) groups is 3. The van der Waals surface area contributed by atoms with E-state index in [1.807, 2.05) is 66.2 Å². The van der Waals surface area contributed by atoms with Crippen LogP contribution in [0.3, 0.4) is 0 Å². The predicted octanol–water partition coefficient (Wildman–Crippen LogP) is 5.60. The van der Waals surface area contributed by atoms with Gasteiger partial charge in [0.25, 0.3) is 11.8 Å². The summed E-state index contributed by atoms with van der Waals surface area (Å²) in [4.78, 5) is 39.6. The number of aromatic nitrogens is 1. The van der Waals surface area contributed by atoms with Crippen molar-refractivity contribution in [1.29, 1.82) is 0 Å². The molecule has 0 unspecified atom stereocenters. The number of ether oxygens (including phenoxy) is 1. The van der Waals surface area contributed by atoms with Crippen molar-refractivity contribution in [3.63, 3.8) is 0 Å². The number of para-hydroxylation sites is 1. The molecule has 186 valence electrons. The molecule has 8 heteroatoms. The second-order valence-electron chi connectivity index (χ2n) is 8.58. The van der Waals surface area contributed by atoms with Crippen LogP contribution >= 0.6 is 11.6 Å². The second-order valence-corrected chi connectivity index (χ2v) is 9.01. The number of benzene rings is 3. The van der Waals surface area contributed by atoms with Crippen LogP contribution in [-0.4, -0.2) is 29.0 Å². The number of fused-ring (bicyclic) bond motifs is 1. The molecule has 1 fully saturated rings. The lowest BCUT2D eigenvalue weighted by molar-refractivity contribution is -0.122. The van der Waals surface area contributed by atoms with Crippen LogP contribution in [0.2, 0.25) is 5.02 Å². The average molecular weight is 514 g/mol. The van der Waals surface area contributed by atoms with Gasteiger partial charge in [-0.15, -0.1) is 0 Å². The maximum absolute atomic E-state index is 13.3. The molecule has 2 heterocycles. The van der Waals surface area contributed by atoms with Crippen LogP contribution < -0.4 is 15.0 Å². The predicted molar refractivity (Wildman–Crippen MR) is 144 cm³/mol. The third-order valence-corrected chi connectivity index (χ3v) is 6.49. The number of imide groups is 2. The highest BCUT2D eigenvalue weighted by Gasteiger charge is 2.37. The van der Waals surface area contributed by atoms with E-state index in [2.05, 4.69) is 5.32 Å². The Morgan fingerprint density at radius 3 is 2.41 bits per heavy atom. The molecule has 1 aromatic heterocycles. The topological polar surface area (TPSA) is 80.6 Å². The van der Waals surface area contributed by atoms with Gasteiger partial charge in [0, 0.05) is 27.7 Å². The van der Waals surface area contributed by atoms with Crippen molar-refractivity contribution in [3.05, 3.63) is 101 Å². The van der Waals surface area contributed by atoms with Crippen molar-refractivity contribution < 1.29 is 19.1 Å².